The highest BCUT2D eigenvalue weighted by Crippen LogP contribution is 2.32. The molecule has 3 aromatic rings. The Morgan fingerprint density at radius 2 is 2.20 bits per heavy atom. The van der Waals surface area contributed by atoms with E-state index in [0.717, 1.165) is 11.6 Å². The molecule has 9 heteroatoms. The molecule has 0 bridgehead atoms. The summed E-state index contributed by atoms with van der Waals surface area (Å²) in [7, 11) is 1.53. The van der Waals surface area contributed by atoms with Crippen LogP contribution in [0.1, 0.15) is 17.5 Å². The molecular formula is C21H19F2N3O3S. The van der Waals surface area contributed by atoms with Crippen LogP contribution in [0.15, 0.2) is 35.4 Å². The Labute approximate surface area is 176 Å². The van der Waals surface area contributed by atoms with Gasteiger partial charge in [-0.05, 0) is 24.1 Å². The molecule has 1 aromatic carbocycles. The number of ether oxygens (including phenoxy) is 2. The van der Waals surface area contributed by atoms with Crippen LogP contribution in [0.5, 0.6) is 11.6 Å². The minimum absolute atomic E-state index is 0.0956. The average molecular weight is 431 g/mol. The highest BCUT2D eigenvalue weighted by atomic mass is 32.1. The first-order valence-electron chi connectivity index (χ1n) is 9.37. The van der Waals surface area contributed by atoms with Crippen molar-refractivity contribution in [1.29, 1.82) is 0 Å². The largest absolute Gasteiger partial charge is 0.488 e. The monoisotopic (exact) mass is 431 g/mol. The van der Waals surface area contributed by atoms with Crippen LogP contribution in [0, 0.1) is 11.6 Å². The molecule has 0 unspecified atom stereocenters. The highest BCUT2D eigenvalue weighted by Gasteiger charge is 2.23. The van der Waals surface area contributed by atoms with Gasteiger partial charge in [0, 0.05) is 43.7 Å². The zero-order valence-electron chi connectivity index (χ0n) is 16.2. The molecule has 0 radical (unpaired) electrons. The van der Waals surface area contributed by atoms with Crippen LogP contribution in [0.2, 0.25) is 0 Å². The number of hydrogen-bond donors (Lipinski definition) is 0. The van der Waals surface area contributed by atoms with Crippen LogP contribution in [-0.4, -0.2) is 33.7 Å². The van der Waals surface area contributed by atoms with Gasteiger partial charge in [-0.25, -0.2) is 9.37 Å². The summed E-state index contributed by atoms with van der Waals surface area (Å²) in [4.78, 5) is 19.0. The summed E-state index contributed by atoms with van der Waals surface area (Å²) in [5, 5.41) is 0.0956. The molecule has 156 valence electrons. The lowest BCUT2D eigenvalue weighted by Crippen LogP contribution is -2.25. The fourth-order valence-corrected chi connectivity index (χ4v) is 3.76. The van der Waals surface area contributed by atoms with Crippen molar-refractivity contribution in [3.63, 3.8) is 0 Å². The molecule has 30 heavy (non-hydrogen) atoms. The predicted octanol–water partition coefficient (Wildman–Crippen LogP) is 3.43. The van der Waals surface area contributed by atoms with Crippen molar-refractivity contribution in [1.82, 2.24) is 14.5 Å². The van der Waals surface area contributed by atoms with E-state index in [0.29, 0.717) is 31.0 Å². The summed E-state index contributed by atoms with van der Waals surface area (Å²) in [6.07, 6.45) is 3.92. The van der Waals surface area contributed by atoms with E-state index in [1.807, 2.05) is 6.07 Å². The second kappa shape index (κ2) is 8.35. The first-order chi connectivity index (χ1) is 14.5. The Morgan fingerprint density at radius 3 is 2.97 bits per heavy atom. The molecule has 4 rings (SSSR count). The van der Waals surface area contributed by atoms with Gasteiger partial charge in [0.05, 0.1) is 30.1 Å². The van der Waals surface area contributed by atoms with Gasteiger partial charge in [0.2, 0.25) is 11.7 Å². The molecular weight excluding hydrogens is 412 g/mol. The fraction of sp³-hybridized carbons (Fsp3) is 0.286. The topological polar surface area (TPSA) is 56.6 Å². The minimum atomic E-state index is -1.10. The standard InChI is InChI=1S/C21H19F2N3O3S/c1-28-17-7-13(3-4-24-17)9-25(12-30)10-14-11-26-5-2-6-29-21-18(23)16(22)8-15(19(21)26)20(14)27/h3-4,7-8,11-12H,2,5-6,9-10H2,1H3. The van der Waals surface area contributed by atoms with Crippen LogP contribution in [0.25, 0.3) is 10.9 Å². The van der Waals surface area contributed by atoms with Crippen LogP contribution in [0.4, 0.5) is 8.78 Å². The van der Waals surface area contributed by atoms with E-state index in [9.17, 15) is 13.6 Å². The Hall–Kier alpha value is -3.07. The van der Waals surface area contributed by atoms with Crippen molar-refractivity contribution in [3.8, 4) is 11.6 Å². The van der Waals surface area contributed by atoms with Gasteiger partial charge < -0.3 is 18.9 Å². The van der Waals surface area contributed by atoms with Gasteiger partial charge >= 0.3 is 0 Å². The second-order valence-corrected chi connectivity index (χ2v) is 7.20. The first kappa shape index (κ1) is 20.2. The van der Waals surface area contributed by atoms with E-state index in [1.54, 1.807) is 27.9 Å². The third kappa shape index (κ3) is 3.72. The molecule has 1 aliphatic rings. The number of benzene rings is 1. The van der Waals surface area contributed by atoms with Gasteiger partial charge in [-0.1, -0.05) is 12.2 Å². The number of aryl methyl sites for hydroxylation is 1. The summed E-state index contributed by atoms with van der Waals surface area (Å²) in [6, 6.07) is 4.56. The van der Waals surface area contributed by atoms with Gasteiger partial charge in [0.1, 0.15) is 0 Å². The van der Waals surface area contributed by atoms with Crippen molar-refractivity contribution in [2.24, 2.45) is 0 Å². The van der Waals surface area contributed by atoms with E-state index < -0.39 is 11.6 Å². The first-order valence-corrected chi connectivity index (χ1v) is 9.84. The molecule has 0 aliphatic carbocycles. The number of methoxy groups -OCH3 is 1. The van der Waals surface area contributed by atoms with Crippen LogP contribution >= 0.6 is 12.2 Å². The Balaban J connectivity index is 1.74. The molecule has 0 atom stereocenters. The Kier molecular flexibility index (Phi) is 5.63. The maximum atomic E-state index is 14.3. The Bertz CT molecular complexity index is 1180. The third-order valence-corrected chi connectivity index (χ3v) is 5.29. The molecule has 1 aliphatic heterocycles. The summed E-state index contributed by atoms with van der Waals surface area (Å²) in [5.41, 5.74) is 2.72. The maximum Gasteiger partial charge on any atom is 0.213 e. The average Bonchev–Trinajstić information content (AvgIpc) is 2.97. The smallest absolute Gasteiger partial charge is 0.213 e. The molecule has 0 saturated heterocycles. The van der Waals surface area contributed by atoms with E-state index in [4.69, 9.17) is 21.7 Å². The minimum Gasteiger partial charge on any atom is -0.488 e. The Morgan fingerprint density at radius 1 is 1.37 bits per heavy atom. The number of nitrogens with zero attached hydrogens (tertiary/aromatic N) is 3. The molecule has 0 fully saturated rings. The molecule has 2 aromatic heterocycles. The summed E-state index contributed by atoms with van der Waals surface area (Å²) >= 11 is 5.14. The summed E-state index contributed by atoms with van der Waals surface area (Å²) in [6.45, 7) is 1.43. The molecule has 0 N–H and O–H groups in total. The molecule has 6 nitrogen and oxygen atoms in total. The van der Waals surface area contributed by atoms with Crippen molar-refractivity contribution >= 4 is 28.6 Å². The van der Waals surface area contributed by atoms with Gasteiger partial charge in [-0.15, -0.1) is 0 Å². The summed E-state index contributed by atoms with van der Waals surface area (Å²) < 4.78 is 40.7. The van der Waals surface area contributed by atoms with Gasteiger partial charge in [-0.2, -0.15) is 4.39 Å². The number of pyridine rings is 2. The van der Waals surface area contributed by atoms with Gasteiger partial charge in [-0.3, -0.25) is 4.79 Å². The van der Waals surface area contributed by atoms with Crippen molar-refractivity contribution < 1.29 is 18.3 Å². The van der Waals surface area contributed by atoms with Crippen molar-refractivity contribution in [2.45, 2.75) is 26.1 Å². The van der Waals surface area contributed by atoms with E-state index in [1.165, 1.54) is 12.6 Å². The SMILES string of the molecule is COc1cc(CN(C=S)Cc2cn3c4c(c(F)c(F)cc4c2=O)OCCC3)ccn1. The van der Waals surface area contributed by atoms with Gasteiger partial charge in [0.15, 0.2) is 17.0 Å². The lowest BCUT2D eigenvalue weighted by molar-refractivity contribution is 0.296. The number of thiocarbonyl (C=S) groups is 1. The van der Waals surface area contributed by atoms with E-state index in [-0.39, 0.29) is 35.2 Å². The molecule has 3 heterocycles. The molecule has 0 amide bonds. The molecule has 0 spiro atoms. The number of hydrogen-bond acceptors (Lipinski definition) is 5. The number of halogens is 2. The fourth-order valence-electron chi connectivity index (χ4n) is 3.61. The zero-order valence-corrected chi connectivity index (χ0v) is 17.0. The highest BCUT2D eigenvalue weighted by molar-refractivity contribution is 7.78. The van der Waals surface area contributed by atoms with Crippen LogP contribution < -0.4 is 14.9 Å². The second-order valence-electron chi connectivity index (χ2n) is 6.99. The third-order valence-electron chi connectivity index (χ3n) is 4.99. The predicted molar refractivity (Wildman–Crippen MR) is 112 cm³/mol. The number of rotatable bonds is 6. The lowest BCUT2D eigenvalue weighted by Gasteiger charge is -2.21. The normalized spacial score (nSPS) is 12.9. The van der Waals surface area contributed by atoms with Crippen LogP contribution in [-0.2, 0) is 19.6 Å². The van der Waals surface area contributed by atoms with Crippen molar-refractivity contribution in [3.05, 3.63) is 63.6 Å². The van der Waals surface area contributed by atoms with Gasteiger partial charge in [0.25, 0.3) is 0 Å². The van der Waals surface area contributed by atoms with E-state index >= 15 is 0 Å². The maximum absolute atomic E-state index is 14.3. The van der Waals surface area contributed by atoms with Crippen LogP contribution in [0.3, 0.4) is 0 Å². The summed E-state index contributed by atoms with van der Waals surface area (Å²) in [5.74, 6) is -1.90. The zero-order chi connectivity index (χ0) is 21.3. The lowest BCUT2D eigenvalue weighted by atomic mass is 10.1. The van der Waals surface area contributed by atoms with Crippen molar-refractivity contribution in [2.75, 3.05) is 13.7 Å². The van der Waals surface area contributed by atoms with E-state index in [2.05, 4.69) is 4.98 Å². The number of aromatic nitrogens is 2. The molecule has 0 saturated carbocycles. The quantitative estimate of drug-likeness (QED) is 0.558.